The number of hydrogen-bond acceptors (Lipinski definition) is 3. The van der Waals surface area contributed by atoms with E-state index in [1.54, 1.807) is 12.1 Å². The number of aryl methyl sites for hydroxylation is 1. The number of rotatable bonds is 5. The second kappa shape index (κ2) is 7.14. The summed E-state index contributed by atoms with van der Waals surface area (Å²) in [5.74, 6) is 0.586. The zero-order valence-electron chi connectivity index (χ0n) is 12.7. The molecular weight excluding hydrogens is 288 g/mol. The number of piperidine rings is 1. The Morgan fingerprint density at radius 1 is 1.43 bits per heavy atom. The highest BCUT2D eigenvalue weighted by molar-refractivity contribution is 6.31. The lowest BCUT2D eigenvalue weighted by molar-refractivity contribution is -0.123. The first-order valence-corrected chi connectivity index (χ1v) is 7.73. The van der Waals surface area contributed by atoms with Gasteiger partial charge in [-0.2, -0.15) is 0 Å². The maximum atomic E-state index is 11.9. The topological polar surface area (TPSA) is 50.4 Å². The van der Waals surface area contributed by atoms with Crippen LogP contribution in [-0.2, 0) is 4.79 Å². The Hall–Kier alpha value is -1.26. The van der Waals surface area contributed by atoms with Crippen LogP contribution >= 0.6 is 11.6 Å². The van der Waals surface area contributed by atoms with E-state index < -0.39 is 0 Å². The van der Waals surface area contributed by atoms with Gasteiger partial charge in [0.05, 0.1) is 0 Å². The van der Waals surface area contributed by atoms with Gasteiger partial charge in [-0.15, -0.1) is 0 Å². The van der Waals surface area contributed by atoms with Crippen molar-refractivity contribution in [3.05, 3.63) is 28.8 Å². The molecule has 0 aromatic heterocycles. The molecule has 1 aliphatic rings. The van der Waals surface area contributed by atoms with E-state index in [1.807, 2.05) is 13.0 Å². The van der Waals surface area contributed by atoms with Crippen molar-refractivity contribution in [1.82, 2.24) is 10.6 Å². The van der Waals surface area contributed by atoms with Gasteiger partial charge in [-0.1, -0.05) is 18.5 Å². The molecule has 0 unspecified atom stereocenters. The summed E-state index contributed by atoms with van der Waals surface area (Å²) in [6.07, 6.45) is 2.18. The van der Waals surface area contributed by atoms with Crippen molar-refractivity contribution in [2.45, 2.75) is 26.7 Å². The molecule has 0 radical (unpaired) electrons. The van der Waals surface area contributed by atoms with Crippen LogP contribution in [0.3, 0.4) is 0 Å². The van der Waals surface area contributed by atoms with E-state index in [0.717, 1.165) is 31.5 Å². The lowest BCUT2D eigenvalue weighted by Gasteiger charge is -2.34. The molecule has 0 saturated carbocycles. The number of carbonyl (C=O) groups is 1. The second-order valence-electron chi connectivity index (χ2n) is 6.04. The minimum absolute atomic E-state index is 0.0371. The normalized spacial score (nSPS) is 17.3. The van der Waals surface area contributed by atoms with Crippen LogP contribution in [0.25, 0.3) is 0 Å². The molecule has 116 valence electrons. The SMILES string of the molecule is Cc1cc(OCC(=O)NCC2(C)CCNCC2)ccc1Cl. The van der Waals surface area contributed by atoms with Crippen LogP contribution in [0.5, 0.6) is 5.75 Å². The van der Waals surface area contributed by atoms with E-state index >= 15 is 0 Å². The molecule has 2 N–H and O–H groups in total. The van der Waals surface area contributed by atoms with Crippen LogP contribution in [0.15, 0.2) is 18.2 Å². The number of benzene rings is 1. The smallest absolute Gasteiger partial charge is 0.257 e. The molecule has 2 rings (SSSR count). The summed E-state index contributed by atoms with van der Waals surface area (Å²) in [5.41, 5.74) is 1.13. The highest BCUT2D eigenvalue weighted by Gasteiger charge is 2.26. The molecule has 1 saturated heterocycles. The van der Waals surface area contributed by atoms with E-state index in [1.165, 1.54) is 0 Å². The van der Waals surface area contributed by atoms with E-state index in [-0.39, 0.29) is 17.9 Å². The minimum atomic E-state index is -0.0811. The zero-order chi connectivity index (χ0) is 15.3. The maximum absolute atomic E-state index is 11.9. The van der Waals surface area contributed by atoms with Crippen LogP contribution in [-0.4, -0.2) is 32.1 Å². The average molecular weight is 311 g/mol. The largest absolute Gasteiger partial charge is 0.484 e. The molecule has 0 atom stereocenters. The molecular formula is C16H23ClN2O2. The van der Waals surface area contributed by atoms with E-state index in [2.05, 4.69) is 17.6 Å². The Balaban J connectivity index is 1.75. The quantitative estimate of drug-likeness (QED) is 0.878. The van der Waals surface area contributed by atoms with Crippen LogP contribution < -0.4 is 15.4 Å². The molecule has 0 bridgehead atoms. The summed E-state index contributed by atoms with van der Waals surface area (Å²) in [4.78, 5) is 11.9. The number of amides is 1. The van der Waals surface area contributed by atoms with E-state index in [4.69, 9.17) is 16.3 Å². The number of ether oxygens (including phenoxy) is 1. The number of hydrogen-bond donors (Lipinski definition) is 2. The van der Waals surface area contributed by atoms with Gasteiger partial charge >= 0.3 is 0 Å². The van der Waals surface area contributed by atoms with Gasteiger partial charge in [-0.3, -0.25) is 4.79 Å². The number of halogens is 1. The minimum Gasteiger partial charge on any atom is -0.484 e. The summed E-state index contributed by atoms with van der Waals surface area (Å²) in [6, 6.07) is 5.39. The van der Waals surface area contributed by atoms with Crippen LogP contribution in [0.1, 0.15) is 25.3 Å². The fourth-order valence-electron chi connectivity index (χ4n) is 2.43. The van der Waals surface area contributed by atoms with Gasteiger partial charge in [0.15, 0.2) is 6.61 Å². The van der Waals surface area contributed by atoms with Gasteiger partial charge in [-0.05, 0) is 62.0 Å². The Bertz CT molecular complexity index is 499. The predicted octanol–water partition coefficient (Wildman–Crippen LogP) is 2.53. The fourth-order valence-corrected chi connectivity index (χ4v) is 2.54. The fraction of sp³-hybridized carbons (Fsp3) is 0.562. The molecule has 21 heavy (non-hydrogen) atoms. The Kier molecular flexibility index (Phi) is 5.48. The molecule has 0 spiro atoms. The lowest BCUT2D eigenvalue weighted by atomic mass is 9.81. The molecule has 1 heterocycles. The molecule has 0 aliphatic carbocycles. The van der Waals surface area contributed by atoms with Gasteiger partial charge < -0.3 is 15.4 Å². The van der Waals surface area contributed by atoms with Crippen molar-refractivity contribution in [3.63, 3.8) is 0 Å². The third-order valence-corrected chi connectivity index (χ3v) is 4.45. The molecule has 1 aliphatic heterocycles. The highest BCUT2D eigenvalue weighted by atomic mass is 35.5. The average Bonchev–Trinajstić information content (AvgIpc) is 2.47. The third-order valence-electron chi connectivity index (χ3n) is 4.02. The van der Waals surface area contributed by atoms with Crippen molar-refractivity contribution < 1.29 is 9.53 Å². The summed E-state index contributed by atoms with van der Waals surface area (Å²) < 4.78 is 5.49. The summed E-state index contributed by atoms with van der Waals surface area (Å²) in [7, 11) is 0. The lowest BCUT2D eigenvalue weighted by Crippen LogP contribution is -2.43. The van der Waals surface area contributed by atoms with E-state index in [9.17, 15) is 4.79 Å². The first-order valence-electron chi connectivity index (χ1n) is 7.35. The zero-order valence-corrected chi connectivity index (χ0v) is 13.4. The Morgan fingerprint density at radius 2 is 2.14 bits per heavy atom. The molecule has 1 aromatic carbocycles. The van der Waals surface area contributed by atoms with Crippen molar-refractivity contribution >= 4 is 17.5 Å². The monoisotopic (exact) mass is 310 g/mol. The third kappa shape index (κ3) is 4.90. The Morgan fingerprint density at radius 3 is 2.81 bits per heavy atom. The predicted molar refractivity (Wildman–Crippen MR) is 84.9 cm³/mol. The molecule has 1 aromatic rings. The van der Waals surface area contributed by atoms with Crippen molar-refractivity contribution in [1.29, 1.82) is 0 Å². The summed E-state index contributed by atoms with van der Waals surface area (Å²) in [6.45, 7) is 6.91. The standard InChI is InChI=1S/C16H23ClN2O2/c1-12-9-13(3-4-14(12)17)21-10-15(20)19-11-16(2)5-7-18-8-6-16/h3-4,9,18H,5-8,10-11H2,1-2H3,(H,19,20). The highest BCUT2D eigenvalue weighted by Crippen LogP contribution is 2.26. The molecule has 1 amide bonds. The van der Waals surface area contributed by atoms with Crippen LogP contribution in [0, 0.1) is 12.3 Å². The Labute approximate surface area is 131 Å². The van der Waals surface area contributed by atoms with E-state index in [0.29, 0.717) is 17.3 Å². The first kappa shape index (κ1) is 16.1. The van der Waals surface area contributed by atoms with Gasteiger partial charge in [-0.25, -0.2) is 0 Å². The van der Waals surface area contributed by atoms with Crippen LogP contribution in [0.2, 0.25) is 5.02 Å². The first-order chi connectivity index (χ1) is 9.98. The van der Waals surface area contributed by atoms with Crippen molar-refractivity contribution in [2.24, 2.45) is 5.41 Å². The second-order valence-corrected chi connectivity index (χ2v) is 6.44. The van der Waals surface area contributed by atoms with Crippen molar-refractivity contribution in [3.8, 4) is 5.75 Å². The number of nitrogens with one attached hydrogen (secondary N) is 2. The van der Waals surface area contributed by atoms with Gasteiger partial charge in [0.25, 0.3) is 5.91 Å². The summed E-state index contributed by atoms with van der Waals surface area (Å²) >= 11 is 5.95. The van der Waals surface area contributed by atoms with Crippen molar-refractivity contribution in [2.75, 3.05) is 26.2 Å². The summed E-state index contributed by atoms with van der Waals surface area (Å²) in [5, 5.41) is 7.01. The van der Waals surface area contributed by atoms with Gasteiger partial charge in [0.1, 0.15) is 5.75 Å². The maximum Gasteiger partial charge on any atom is 0.257 e. The van der Waals surface area contributed by atoms with Gasteiger partial charge in [0, 0.05) is 11.6 Å². The van der Waals surface area contributed by atoms with Gasteiger partial charge in [0.2, 0.25) is 0 Å². The van der Waals surface area contributed by atoms with Crippen LogP contribution in [0.4, 0.5) is 0 Å². The molecule has 5 heteroatoms. The number of carbonyl (C=O) groups excluding carboxylic acids is 1. The molecule has 4 nitrogen and oxygen atoms in total. The molecule has 1 fully saturated rings.